The second-order valence-corrected chi connectivity index (χ2v) is 3.75. The monoisotopic (exact) mass is 172 g/mol. The first-order valence-corrected chi connectivity index (χ1v) is 4.46. The molecule has 0 aromatic heterocycles. The topological polar surface area (TPSA) is 34.1 Å². The van der Waals surface area contributed by atoms with Crippen LogP contribution in [0.25, 0.3) is 0 Å². The molecule has 0 heterocycles. The summed E-state index contributed by atoms with van der Waals surface area (Å²) in [4.78, 5) is 22.9. The predicted octanol–water partition coefficient (Wildman–Crippen LogP) is 1.20. The number of hydrogen-bond donors (Lipinski definition) is 0. The molecule has 3 aliphatic rings. The molecule has 1 saturated carbocycles. The maximum Gasteiger partial charge on any atom is 0.186 e. The maximum absolute atomic E-state index is 11.5. The van der Waals surface area contributed by atoms with Crippen molar-refractivity contribution in [2.75, 3.05) is 0 Å². The van der Waals surface area contributed by atoms with Crippen LogP contribution in [0.1, 0.15) is 6.42 Å². The van der Waals surface area contributed by atoms with E-state index in [9.17, 15) is 9.59 Å². The van der Waals surface area contributed by atoms with Crippen molar-refractivity contribution in [2.24, 2.45) is 11.8 Å². The fourth-order valence-corrected chi connectivity index (χ4v) is 2.13. The van der Waals surface area contributed by atoms with E-state index in [1.807, 2.05) is 12.2 Å². The van der Waals surface area contributed by atoms with E-state index in [0.717, 1.165) is 12.0 Å². The van der Waals surface area contributed by atoms with Gasteiger partial charge in [0.1, 0.15) is 0 Å². The lowest BCUT2D eigenvalue weighted by atomic mass is 9.88. The SMILES string of the molecule is O=C1C=CC(=O)C2=C1C=CC1CC21. The molecule has 2 heteroatoms. The molecule has 0 spiro atoms. The van der Waals surface area contributed by atoms with Gasteiger partial charge in [-0.25, -0.2) is 0 Å². The molecule has 0 bridgehead atoms. The Bertz CT molecular complexity index is 410. The lowest BCUT2D eigenvalue weighted by molar-refractivity contribution is -0.115. The van der Waals surface area contributed by atoms with Gasteiger partial charge in [0.05, 0.1) is 0 Å². The second-order valence-electron chi connectivity index (χ2n) is 3.75. The first-order valence-electron chi connectivity index (χ1n) is 4.46. The van der Waals surface area contributed by atoms with Crippen molar-refractivity contribution in [3.8, 4) is 0 Å². The smallest absolute Gasteiger partial charge is 0.186 e. The van der Waals surface area contributed by atoms with Crippen molar-refractivity contribution in [1.82, 2.24) is 0 Å². The Morgan fingerprint density at radius 2 is 1.85 bits per heavy atom. The van der Waals surface area contributed by atoms with E-state index in [0.29, 0.717) is 17.4 Å². The minimum absolute atomic E-state index is 0.0174. The van der Waals surface area contributed by atoms with Gasteiger partial charge in [-0.15, -0.1) is 0 Å². The molecule has 13 heavy (non-hydrogen) atoms. The number of hydrogen-bond acceptors (Lipinski definition) is 2. The van der Waals surface area contributed by atoms with Crippen molar-refractivity contribution >= 4 is 11.6 Å². The van der Waals surface area contributed by atoms with Crippen LogP contribution in [0.3, 0.4) is 0 Å². The molecule has 0 aliphatic heterocycles. The number of ketones is 2. The quantitative estimate of drug-likeness (QED) is 0.514. The summed E-state index contributed by atoms with van der Waals surface area (Å²) in [6.45, 7) is 0. The molecule has 3 aliphatic carbocycles. The van der Waals surface area contributed by atoms with Crippen LogP contribution >= 0.6 is 0 Å². The van der Waals surface area contributed by atoms with Gasteiger partial charge in [-0.1, -0.05) is 12.2 Å². The lowest BCUT2D eigenvalue weighted by Crippen LogP contribution is -2.17. The van der Waals surface area contributed by atoms with Gasteiger partial charge in [-0.3, -0.25) is 9.59 Å². The third-order valence-corrected chi connectivity index (χ3v) is 2.93. The highest BCUT2D eigenvalue weighted by Gasteiger charge is 2.44. The summed E-state index contributed by atoms with van der Waals surface area (Å²) in [7, 11) is 0. The molecular formula is C11H8O2. The van der Waals surface area contributed by atoms with Crippen molar-refractivity contribution < 1.29 is 9.59 Å². The summed E-state index contributed by atoms with van der Waals surface area (Å²) in [5.41, 5.74) is 1.39. The molecule has 2 nitrogen and oxygen atoms in total. The third-order valence-electron chi connectivity index (χ3n) is 2.93. The van der Waals surface area contributed by atoms with Gasteiger partial charge in [-0.2, -0.15) is 0 Å². The predicted molar refractivity (Wildman–Crippen MR) is 46.9 cm³/mol. The van der Waals surface area contributed by atoms with Gasteiger partial charge in [0.25, 0.3) is 0 Å². The average molecular weight is 172 g/mol. The summed E-state index contributed by atoms with van der Waals surface area (Å²) < 4.78 is 0. The molecule has 1 fully saturated rings. The first-order chi connectivity index (χ1) is 6.27. The van der Waals surface area contributed by atoms with Crippen molar-refractivity contribution in [3.63, 3.8) is 0 Å². The van der Waals surface area contributed by atoms with Gasteiger partial charge in [0.15, 0.2) is 11.6 Å². The van der Waals surface area contributed by atoms with E-state index in [1.54, 1.807) is 0 Å². The Hall–Kier alpha value is -1.44. The van der Waals surface area contributed by atoms with Gasteiger partial charge in [0, 0.05) is 11.1 Å². The number of allylic oxidation sites excluding steroid dienone is 6. The van der Waals surface area contributed by atoms with E-state index in [2.05, 4.69) is 0 Å². The van der Waals surface area contributed by atoms with Crippen LogP contribution in [0.2, 0.25) is 0 Å². The zero-order valence-electron chi connectivity index (χ0n) is 6.99. The van der Waals surface area contributed by atoms with Gasteiger partial charge in [0.2, 0.25) is 0 Å². The Labute approximate surface area is 75.6 Å². The largest absolute Gasteiger partial charge is 0.290 e. The summed E-state index contributed by atoms with van der Waals surface area (Å²) in [5.74, 6) is 0.894. The Morgan fingerprint density at radius 3 is 2.69 bits per heavy atom. The molecule has 3 rings (SSSR count). The van der Waals surface area contributed by atoms with E-state index < -0.39 is 0 Å². The summed E-state index contributed by atoms with van der Waals surface area (Å²) in [6, 6.07) is 0. The lowest BCUT2D eigenvalue weighted by Gasteiger charge is -2.14. The highest BCUT2D eigenvalue weighted by molar-refractivity contribution is 6.22. The molecule has 0 saturated heterocycles. The van der Waals surface area contributed by atoms with Crippen LogP contribution in [-0.4, -0.2) is 11.6 Å². The number of carbonyl (C=O) groups excluding carboxylic acids is 2. The van der Waals surface area contributed by atoms with Crippen LogP contribution in [0.5, 0.6) is 0 Å². The summed E-state index contributed by atoms with van der Waals surface area (Å²) in [6.07, 6.45) is 7.67. The first kappa shape index (κ1) is 7.01. The van der Waals surface area contributed by atoms with Gasteiger partial charge < -0.3 is 0 Å². The standard InChI is InChI=1S/C11H8O2/c12-9-3-4-10(13)11-7(9)2-1-6-5-8(6)11/h1-4,6,8H,5H2. The highest BCUT2D eigenvalue weighted by atomic mass is 16.1. The molecule has 0 amide bonds. The van der Waals surface area contributed by atoms with E-state index >= 15 is 0 Å². The minimum atomic E-state index is -0.0174. The molecule has 0 N–H and O–H groups in total. The van der Waals surface area contributed by atoms with Crippen LogP contribution in [0.15, 0.2) is 35.5 Å². The van der Waals surface area contributed by atoms with E-state index in [4.69, 9.17) is 0 Å². The second kappa shape index (κ2) is 2.08. The third kappa shape index (κ3) is 0.829. The Kier molecular flexibility index (Phi) is 1.12. The van der Waals surface area contributed by atoms with Crippen molar-refractivity contribution in [2.45, 2.75) is 6.42 Å². The van der Waals surface area contributed by atoms with Crippen molar-refractivity contribution in [1.29, 1.82) is 0 Å². The highest BCUT2D eigenvalue weighted by Crippen LogP contribution is 2.50. The van der Waals surface area contributed by atoms with Gasteiger partial charge in [-0.05, 0) is 30.4 Å². The zero-order valence-corrected chi connectivity index (χ0v) is 6.99. The van der Waals surface area contributed by atoms with Crippen LogP contribution in [0, 0.1) is 11.8 Å². The molecule has 0 aromatic carbocycles. The Balaban J connectivity index is 2.18. The maximum atomic E-state index is 11.5. The average Bonchev–Trinajstić information content (AvgIpc) is 2.89. The van der Waals surface area contributed by atoms with Crippen LogP contribution in [0.4, 0.5) is 0 Å². The summed E-state index contributed by atoms with van der Waals surface area (Å²) in [5, 5.41) is 0. The summed E-state index contributed by atoms with van der Waals surface area (Å²) >= 11 is 0. The normalized spacial score (nSPS) is 34.8. The van der Waals surface area contributed by atoms with E-state index in [1.165, 1.54) is 12.2 Å². The molecule has 0 radical (unpaired) electrons. The zero-order chi connectivity index (χ0) is 9.00. The van der Waals surface area contributed by atoms with Crippen LogP contribution in [-0.2, 0) is 9.59 Å². The molecule has 2 unspecified atom stereocenters. The van der Waals surface area contributed by atoms with E-state index in [-0.39, 0.29) is 11.6 Å². The molecule has 2 atom stereocenters. The van der Waals surface area contributed by atoms with Crippen LogP contribution < -0.4 is 0 Å². The Morgan fingerprint density at radius 1 is 1.08 bits per heavy atom. The fraction of sp³-hybridized carbons (Fsp3) is 0.273. The number of fused-ring (bicyclic) bond motifs is 2. The number of carbonyl (C=O) groups is 2. The number of rotatable bonds is 0. The molecule has 0 aromatic rings. The molecular weight excluding hydrogens is 164 g/mol. The van der Waals surface area contributed by atoms with Crippen molar-refractivity contribution in [3.05, 3.63) is 35.5 Å². The fourth-order valence-electron chi connectivity index (χ4n) is 2.13. The molecule has 64 valence electrons. The van der Waals surface area contributed by atoms with Gasteiger partial charge >= 0.3 is 0 Å². The minimum Gasteiger partial charge on any atom is -0.290 e.